The molecule has 0 aromatic heterocycles. The van der Waals surface area contributed by atoms with E-state index in [0.29, 0.717) is 37.3 Å². The summed E-state index contributed by atoms with van der Waals surface area (Å²) in [6, 6.07) is 7.40. The zero-order valence-corrected chi connectivity index (χ0v) is 18.4. The molecule has 0 spiro atoms. The highest BCUT2D eigenvalue weighted by molar-refractivity contribution is 5.85. The Bertz CT molecular complexity index is 1120. The van der Waals surface area contributed by atoms with Gasteiger partial charge in [-0.25, -0.2) is 0 Å². The molecule has 0 radical (unpaired) electrons. The van der Waals surface area contributed by atoms with Gasteiger partial charge in [0.05, 0.1) is 11.6 Å². The summed E-state index contributed by atoms with van der Waals surface area (Å²) < 4.78 is 69.4. The second-order valence-electron chi connectivity index (χ2n) is 8.76. The van der Waals surface area contributed by atoms with Crippen LogP contribution in [0.1, 0.15) is 46.2 Å². The molecule has 2 aromatic carbocycles. The number of piperidine rings is 1. The van der Waals surface area contributed by atoms with Crippen LogP contribution < -0.4 is 10.6 Å². The van der Waals surface area contributed by atoms with Crippen LogP contribution in [0.25, 0.3) is 0 Å². The summed E-state index contributed by atoms with van der Waals surface area (Å²) in [6.07, 6.45) is -3.37. The number of hydrogen-bond acceptors (Lipinski definition) is 3. The van der Waals surface area contributed by atoms with E-state index in [-0.39, 0.29) is 24.1 Å². The highest BCUT2D eigenvalue weighted by atomic mass is 19.4. The Hall–Kier alpha value is -3.01. The normalized spacial score (nSPS) is 19.0. The van der Waals surface area contributed by atoms with Crippen LogP contribution in [0.5, 0.6) is 0 Å². The summed E-state index contributed by atoms with van der Waals surface area (Å²) in [7, 11) is 0. The van der Waals surface area contributed by atoms with Gasteiger partial charge in [0.25, 0.3) is 5.91 Å². The average Bonchev–Trinajstić information content (AvgIpc) is 3.20. The average molecular weight is 481 g/mol. The quantitative estimate of drug-likeness (QED) is 0.635. The van der Waals surface area contributed by atoms with Crippen molar-refractivity contribution in [3.05, 3.63) is 69.8 Å². The minimum Gasteiger partial charge on any atom is -0.355 e. The maximum Gasteiger partial charge on any atom is 0.416 e. The molecule has 2 aliphatic rings. The molecule has 2 heterocycles. The van der Waals surface area contributed by atoms with Gasteiger partial charge >= 0.3 is 12.1 Å². The van der Waals surface area contributed by atoms with Gasteiger partial charge in [0.1, 0.15) is 0 Å². The molecular formula is C24H24F5N3O2. The van der Waals surface area contributed by atoms with Crippen molar-refractivity contribution in [1.82, 2.24) is 15.5 Å². The van der Waals surface area contributed by atoms with E-state index in [1.165, 1.54) is 6.92 Å². The maximum atomic E-state index is 14.7. The lowest BCUT2D eigenvalue weighted by atomic mass is 9.98. The Morgan fingerprint density at radius 1 is 1.06 bits per heavy atom. The van der Waals surface area contributed by atoms with Gasteiger partial charge in [-0.1, -0.05) is 35.9 Å². The van der Waals surface area contributed by atoms with Crippen LogP contribution in [0, 0.1) is 6.92 Å². The van der Waals surface area contributed by atoms with E-state index in [2.05, 4.69) is 10.6 Å². The van der Waals surface area contributed by atoms with E-state index < -0.39 is 29.1 Å². The van der Waals surface area contributed by atoms with Crippen molar-refractivity contribution in [3.8, 4) is 0 Å². The van der Waals surface area contributed by atoms with E-state index in [4.69, 9.17) is 0 Å². The number of amides is 2. The summed E-state index contributed by atoms with van der Waals surface area (Å²) in [6.45, 7) is 2.86. The third kappa shape index (κ3) is 4.77. The number of carbonyl (C=O) groups excluding carboxylic acids is 2. The van der Waals surface area contributed by atoms with Gasteiger partial charge in [-0.2, -0.15) is 22.0 Å². The first-order valence-corrected chi connectivity index (χ1v) is 10.9. The predicted molar refractivity (Wildman–Crippen MR) is 114 cm³/mol. The molecule has 1 saturated heterocycles. The molecule has 5 nitrogen and oxygen atoms in total. The molecule has 0 saturated carbocycles. The van der Waals surface area contributed by atoms with Crippen molar-refractivity contribution in [3.63, 3.8) is 0 Å². The van der Waals surface area contributed by atoms with Crippen molar-refractivity contribution < 1.29 is 31.5 Å². The van der Waals surface area contributed by atoms with E-state index in [1.807, 2.05) is 11.0 Å². The van der Waals surface area contributed by atoms with Crippen LogP contribution in [-0.4, -0.2) is 29.3 Å². The Morgan fingerprint density at radius 3 is 2.50 bits per heavy atom. The van der Waals surface area contributed by atoms with Crippen LogP contribution in [0.2, 0.25) is 0 Å². The summed E-state index contributed by atoms with van der Waals surface area (Å²) in [5, 5.41) is 4.92. The van der Waals surface area contributed by atoms with E-state index in [1.54, 1.807) is 12.1 Å². The third-order valence-electron chi connectivity index (χ3n) is 6.27. The van der Waals surface area contributed by atoms with Crippen molar-refractivity contribution in [1.29, 1.82) is 0 Å². The fraction of sp³-hybridized carbons (Fsp3) is 0.417. The summed E-state index contributed by atoms with van der Waals surface area (Å²) >= 11 is 0. The van der Waals surface area contributed by atoms with Gasteiger partial charge in [0.15, 0.2) is 0 Å². The number of hydrogen-bond donors (Lipinski definition) is 2. The predicted octanol–water partition coefficient (Wildman–Crippen LogP) is 4.02. The second-order valence-corrected chi connectivity index (χ2v) is 8.76. The number of aryl methyl sites for hydroxylation is 1. The van der Waals surface area contributed by atoms with Gasteiger partial charge in [0, 0.05) is 31.7 Å². The number of fused-ring (bicyclic) bond motifs is 1. The fourth-order valence-electron chi connectivity index (χ4n) is 4.49. The van der Waals surface area contributed by atoms with Gasteiger partial charge in [-0.05, 0) is 42.5 Å². The molecule has 2 amide bonds. The van der Waals surface area contributed by atoms with Crippen molar-refractivity contribution in [2.45, 2.75) is 57.5 Å². The molecule has 34 heavy (non-hydrogen) atoms. The maximum absolute atomic E-state index is 14.7. The number of alkyl halides is 5. The van der Waals surface area contributed by atoms with Crippen molar-refractivity contribution in [2.24, 2.45) is 0 Å². The standard InChI is InChI=1S/C24H24F5N3O2/c1-14-4-7-18(19(9-14)24(27,28)29)23(25,26)22(34)31-11-15-5-6-16-12-32(13-17(16)10-15)20-3-2-8-30-21(20)33/h4-7,9-10,20H,2-3,8,11-13H2,1H3,(H,30,33)(H,31,34). The van der Waals surface area contributed by atoms with Crippen LogP contribution in [-0.2, 0) is 41.3 Å². The van der Waals surface area contributed by atoms with Crippen LogP contribution >= 0.6 is 0 Å². The molecule has 182 valence electrons. The topological polar surface area (TPSA) is 61.4 Å². The van der Waals surface area contributed by atoms with Crippen molar-refractivity contribution in [2.75, 3.05) is 6.54 Å². The SMILES string of the molecule is Cc1ccc(C(F)(F)C(=O)NCc2ccc3c(c2)CN(C2CCCNC2=O)C3)c(C(F)(F)F)c1. The largest absolute Gasteiger partial charge is 0.416 e. The van der Waals surface area contributed by atoms with Crippen LogP contribution in [0.4, 0.5) is 22.0 Å². The van der Waals surface area contributed by atoms with Gasteiger partial charge < -0.3 is 10.6 Å². The zero-order valence-electron chi connectivity index (χ0n) is 18.4. The minimum atomic E-state index is -5.02. The van der Waals surface area contributed by atoms with Crippen LogP contribution in [0.15, 0.2) is 36.4 Å². The number of rotatable bonds is 5. The van der Waals surface area contributed by atoms with E-state index >= 15 is 0 Å². The number of nitrogens with zero attached hydrogens (tertiary/aromatic N) is 1. The monoisotopic (exact) mass is 481 g/mol. The Kier molecular flexibility index (Phi) is 6.37. The molecule has 10 heteroatoms. The fourth-order valence-corrected chi connectivity index (χ4v) is 4.49. The molecule has 2 N–H and O–H groups in total. The summed E-state index contributed by atoms with van der Waals surface area (Å²) in [5.74, 6) is -6.17. The highest BCUT2D eigenvalue weighted by Crippen LogP contribution is 2.40. The smallest absolute Gasteiger partial charge is 0.355 e. The lowest BCUT2D eigenvalue weighted by Crippen LogP contribution is -2.48. The minimum absolute atomic E-state index is 0.0110. The number of carbonyl (C=O) groups is 2. The molecule has 1 unspecified atom stereocenters. The summed E-state index contributed by atoms with van der Waals surface area (Å²) in [4.78, 5) is 26.4. The molecular weight excluding hydrogens is 457 g/mol. The molecule has 2 aromatic rings. The Labute approximate surface area is 193 Å². The van der Waals surface area contributed by atoms with E-state index in [0.717, 1.165) is 30.0 Å². The third-order valence-corrected chi connectivity index (χ3v) is 6.27. The van der Waals surface area contributed by atoms with Crippen LogP contribution in [0.3, 0.4) is 0 Å². The van der Waals surface area contributed by atoms with Gasteiger partial charge in [-0.15, -0.1) is 0 Å². The first-order valence-electron chi connectivity index (χ1n) is 10.9. The van der Waals surface area contributed by atoms with Gasteiger partial charge in [0.2, 0.25) is 5.91 Å². The zero-order chi connectivity index (χ0) is 24.7. The molecule has 4 rings (SSSR count). The number of halogens is 5. The number of benzene rings is 2. The second kappa shape index (κ2) is 8.98. The first-order chi connectivity index (χ1) is 16.0. The highest BCUT2D eigenvalue weighted by Gasteiger charge is 2.47. The van der Waals surface area contributed by atoms with Crippen molar-refractivity contribution >= 4 is 11.8 Å². The lowest BCUT2D eigenvalue weighted by molar-refractivity contribution is -0.153. The van der Waals surface area contributed by atoms with Gasteiger partial charge in [-0.3, -0.25) is 14.5 Å². The summed E-state index contributed by atoms with van der Waals surface area (Å²) in [5.41, 5.74) is -0.276. The molecule has 1 fully saturated rings. The molecule has 2 aliphatic heterocycles. The Morgan fingerprint density at radius 2 is 1.79 bits per heavy atom. The first kappa shape index (κ1) is 24.1. The number of nitrogens with one attached hydrogen (secondary N) is 2. The molecule has 0 bridgehead atoms. The lowest BCUT2D eigenvalue weighted by Gasteiger charge is -2.29. The molecule has 0 aliphatic carbocycles. The Balaban J connectivity index is 1.45. The van der Waals surface area contributed by atoms with E-state index in [9.17, 15) is 31.5 Å². The molecule has 1 atom stereocenters.